The van der Waals surface area contributed by atoms with Gasteiger partial charge in [-0.1, -0.05) is 0 Å². The highest BCUT2D eigenvalue weighted by atomic mass is 16.3. The van der Waals surface area contributed by atoms with E-state index >= 15 is 0 Å². The molecule has 120 valence electrons. The van der Waals surface area contributed by atoms with Crippen molar-refractivity contribution in [2.75, 3.05) is 10.6 Å². The monoisotopic (exact) mass is 320 g/mol. The topological polar surface area (TPSA) is 71.3 Å². The zero-order valence-corrected chi connectivity index (χ0v) is 13.1. The molecule has 2 N–H and O–H groups in total. The van der Waals surface area contributed by atoms with Crippen molar-refractivity contribution < 1.29 is 14.0 Å². The molecule has 0 saturated heterocycles. The van der Waals surface area contributed by atoms with E-state index in [2.05, 4.69) is 10.6 Å². The number of furan rings is 1. The number of hydrogen-bond donors (Lipinski definition) is 2. The summed E-state index contributed by atoms with van der Waals surface area (Å²) in [5.41, 5.74) is 3.11. The van der Waals surface area contributed by atoms with E-state index in [1.54, 1.807) is 36.4 Å². The molecule has 3 aromatic rings. The van der Waals surface area contributed by atoms with Gasteiger partial charge in [-0.25, -0.2) is 0 Å². The van der Waals surface area contributed by atoms with Crippen molar-refractivity contribution in [1.29, 1.82) is 0 Å². The SMILES string of the molecule is CC(=O)c1ccc(Nc2ccc(NC(=O)c3ccco3)cc2)cc1. The molecular weight excluding hydrogens is 304 g/mol. The summed E-state index contributed by atoms with van der Waals surface area (Å²) < 4.78 is 5.05. The number of carbonyl (C=O) groups excluding carboxylic acids is 2. The molecule has 1 heterocycles. The summed E-state index contributed by atoms with van der Waals surface area (Å²) in [6.07, 6.45) is 1.46. The van der Waals surface area contributed by atoms with Crippen LogP contribution < -0.4 is 10.6 Å². The average molecular weight is 320 g/mol. The second kappa shape index (κ2) is 6.83. The number of benzene rings is 2. The molecule has 5 nitrogen and oxygen atoms in total. The molecule has 0 aliphatic carbocycles. The van der Waals surface area contributed by atoms with Gasteiger partial charge < -0.3 is 15.1 Å². The molecule has 3 rings (SSSR count). The Kier molecular flexibility index (Phi) is 4.43. The molecule has 0 unspecified atom stereocenters. The number of rotatable bonds is 5. The van der Waals surface area contributed by atoms with Crippen LogP contribution >= 0.6 is 0 Å². The Morgan fingerprint density at radius 2 is 1.42 bits per heavy atom. The standard InChI is InChI=1S/C19H16N2O3/c1-13(22)14-4-6-15(7-5-14)20-16-8-10-17(11-9-16)21-19(23)18-3-2-12-24-18/h2-12,20H,1H3,(H,21,23). The number of amides is 1. The molecule has 0 aliphatic heterocycles. The maximum Gasteiger partial charge on any atom is 0.291 e. The molecule has 0 bridgehead atoms. The van der Waals surface area contributed by atoms with Crippen LogP contribution in [0.2, 0.25) is 0 Å². The first-order chi connectivity index (χ1) is 11.6. The van der Waals surface area contributed by atoms with E-state index in [0.29, 0.717) is 11.3 Å². The van der Waals surface area contributed by atoms with Gasteiger partial charge in [-0.2, -0.15) is 0 Å². The minimum atomic E-state index is -0.291. The van der Waals surface area contributed by atoms with E-state index in [9.17, 15) is 9.59 Å². The number of nitrogens with one attached hydrogen (secondary N) is 2. The molecule has 1 aromatic heterocycles. The first kappa shape index (κ1) is 15.6. The van der Waals surface area contributed by atoms with Gasteiger partial charge >= 0.3 is 0 Å². The van der Waals surface area contributed by atoms with Gasteiger partial charge in [-0.05, 0) is 67.6 Å². The number of Topliss-reactive ketones (excluding diaryl/α,β-unsaturated/α-hetero) is 1. The van der Waals surface area contributed by atoms with E-state index in [4.69, 9.17) is 4.42 Å². The third kappa shape index (κ3) is 3.70. The van der Waals surface area contributed by atoms with Crippen LogP contribution in [0.3, 0.4) is 0 Å². The molecule has 0 saturated carbocycles. The van der Waals surface area contributed by atoms with Crippen molar-refractivity contribution >= 4 is 28.8 Å². The van der Waals surface area contributed by atoms with Gasteiger partial charge in [0.15, 0.2) is 11.5 Å². The van der Waals surface area contributed by atoms with Crippen molar-refractivity contribution in [3.05, 3.63) is 78.3 Å². The molecule has 24 heavy (non-hydrogen) atoms. The number of carbonyl (C=O) groups is 2. The van der Waals surface area contributed by atoms with Crippen molar-refractivity contribution in [2.45, 2.75) is 6.92 Å². The number of hydrogen-bond acceptors (Lipinski definition) is 4. The summed E-state index contributed by atoms with van der Waals surface area (Å²) in [6.45, 7) is 1.54. The van der Waals surface area contributed by atoms with Crippen LogP contribution in [0, 0.1) is 0 Å². The van der Waals surface area contributed by atoms with Crippen LogP contribution in [0.25, 0.3) is 0 Å². The van der Waals surface area contributed by atoms with Crippen molar-refractivity contribution in [2.24, 2.45) is 0 Å². The van der Waals surface area contributed by atoms with Crippen LogP contribution in [-0.2, 0) is 0 Å². The Morgan fingerprint density at radius 1 is 0.833 bits per heavy atom. The molecule has 1 amide bonds. The summed E-state index contributed by atoms with van der Waals surface area (Å²) in [5, 5.41) is 5.99. The van der Waals surface area contributed by atoms with Crippen LogP contribution in [0.4, 0.5) is 17.1 Å². The third-order valence-electron chi connectivity index (χ3n) is 3.47. The Hall–Kier alpha value is -3.34. The highest BCUT2D eigenvalue weighted by Gasteiger charge is 2.08. The number of anilines is 3. The lowest BCUT2D eigenvalue weighted by Gasteiger charge is -2.08. The maximum atomic E-state index is 11.9. The zero-order valence-electron chi connectivity index (χ0n) is 13.1. The summed E-state index contributed by atoms with van der Waals surface area (Å²) in [4.78, 5) is 23.2. The van der Waals surface area contributed by atoms with Gasteiger partial charge in [0.25, 0.3) is 5.91 Å². The van der Waals surface area contributed by atoms with E-state index < -0.39 is 0 Å². The fourth-order valence-corrected chi connectivity index (χ4v) is 2.19. The fourth-order valence-electron chi connectivity index (χ4n) is 2.19. The average Bonchev–Trinajstić information content (AvgIpc) is 3.12. The Morgan fingerprint density at radius 3 is 1.96 bits per heavy atom. The second-order valence-corrected chi connectivity index (χ2v) is 5.27. The Balaban J connectivity index is 1.64. The normalized spacial score (nSPS) is 10.2. The number of ketones is 1. The minimum absolute atomic E-state index is 0.0400. The summed E-state index contributed by atoms with van der Waals surface area (Å²) in [5.74, 6) is 0.0153. The summed E-state index contributed by atoms with van der Waals surface area (Å²) in [6, 6.07) is 17.8. The fraction of sp³-hybridized carbons (Fsp3) is 0.0526. The first-order valence-corrected chi connectivity index (χ1v) is 7.45. The minimum Gasteiger partial charge on any atom is -0.459 e. The quantitative estimate of drug-likeness (QED) is 0.680. The predicted octanol–water partition coefficient (Wildman–Crippen LogP) is 4.48. The van der Waals surface area contributed by atoms with Crippen LogP contribution in [-0.4, -0.2) is 11.7 Å². The third-order valence-corrected chi connectivity index (χ3v) is 3.47. The zero-order chi connectivity index (χ0) is 16.9. The van der Waals surface area contributed by atoms with Crippen LogP contribution in [0.15, 0.2) is 71.3 Å². The van der Waals surface area contributed by atoms with E-state index in [1.807, 2.05) is 24.3 Å². The molecule has 0 aliphatic rings. The van der Waals surface area contributed by atoms with Gasteiger partial charge in [-0.3, -0.25) is 9.59 Å². The van der Waals surface area contributed by atoms with Gasteiger partial charge in [-0.15, -0.1) is 0 Å². The maximum absolute atomic E-state index is 11.9. The highest BCUT2D eigenvalue weighted by molar-refractivity contribution is 6.02. The largest absolute Gasteiger partial charge is 0.459 e. The lowest BCUT2D eigenvalue weighted by atomic mass is 10.1. The molecule has 5 heteroatoms. The Labute approximate surface area is 139 Å². The summed E-state index contributed by atoms with van der Waals surface area (Å²) >= 11 is 0. The highest BCUT2D eigenvalue weighted by Crippen LogP contribution is 2.20. The van der Waals surface area contributed by atoms with E-state index in [1.165, 1.54) is 13.2 Å². The first-order valence-electron chi connectivity index (χ1n) is 7.45. The van der Waals surface area contributed by atoms with Crippen molar-refractivity contribution in [3.63, 3.8) is 0 Å². The van der Waals surface area contributed by atoms with Crippen LogP contribution in [0.1, 0.15) is 27.8 Å². The predicted molar refractivity (Wildman–Crippen MR) is 92.8 cm³/mol. The van der Waals surface area contributed by atoms with E-state index in [0.717, 1.165) is 11.4 Å². The second-order valence-electron chi connectivity index (χ2n) is 5.27. The molecule has 0 radical (unpaired) electrons. The Bertz CT molecular complexity index is 835. The van der Waals surface area contributed by atoms with Gasteiger partial charge in [0.05, 0.1) is 6.26 Å². The molecule has 0 spiro atoms. The van der Waals surface area contributed by atoms with E-state index in [-0.39, 0.29) is 17.5 Å². The molecule has 0 atom stereocenters. The lowest BCUT2D eigenvalue weighted by Crippen LogP contribution is -2.10. The van der Waals surface area contributed by atoms with Gasteiger partial charge in [0, 0.05) is 22.6 Å². The van der Waals surface area contributed by atoms with Crippen molar-refractivity contribution in [1.82, 2.24) is 0 Å². The summed E-state index contributed by atoms with van der Waals surface area (Å²) in [7, 11) is 0. The smallest absolute Gasteiger partial charge is 0.291 e. The van der Waals surface area contributed by atoms with Crippen LogP contribution in [0.5, 0.6) is 0 Å². The molecule has 0 fully saturated rings. The molecular formula is C19H16N2O3. The van der Waals surface area contributed by atoms with Crippen molar-refractivity contribution in [3.8, 4) is 0 Å². The van der Waals surface area contributed by atoms with Gasteiger partial charge in [0.1, 0.15) is 0 Å². The van der Waals surface area contributed by atoms with Gasteiger partial charge in [0.2, 0.25) is 0 Å². The lowest BCUT2D eigenvalue weighted by molar-refractivity contribution is 0.0993. The molecule has 2 aromatic carbocycles.